The van der Waals surface area contributed by atoms with Gasteiger partial charge >= 0.3 is 5.97 Å². The van der Waals surface area contributed by atoms with Crippen LogP contribution < -0.4 is 10.2 Å². The number of nitrogens with one attached hydrogen (secondary N) is 1. The van der Waals surface area contributed by atoms with Crippen molar-refractivity contribution >= 4 is 40.7 Å². The first-order valence-corrected chi connectivity index (χ1v) is 6.98. The van der Waals surface area contributed by atoms with E-state index in [9.17, 15) is 9.59 Å². The lowest BCUT2D eigenvalue weighted by Gasteiger charge is -2.08. The number of ether oxygens (including phenoxy) is 2. The first-order valence-electron chi connectivity index (χ1n) is 5.90. The fraction of sp³-hybridized carbons (Fsp3) is 0.308. The van der Waals surface area contributed by atoms with E-state index in [0.717, 1.165) is 9.13 Å². The highest BCUT2D eigenvalue weighted by molar-refractivity contribution is 14.1. The van der Waals surface area contributed by atoms with Gasteiger partial charge in [-0.15, -0.1) is 0 Å². The highest BCUT2D eigenvalue weighted by Gasteiger charge is 2.06. The van der Waals surface area contributed by atoms with Gasteiger partial charge in [-0.2, -0.15) is 5.10 Å². The lowest BCUT2D eigenvalue weighted by atomic mass is 10.2. The molecular weight excluding hydrogens is 375 g/mol. The number of carbonyl (C=O) groups is 2. The van der Waals surface area contributed by atoms with E-state index in [4.69, 9.17) is 9.47 Å². The second kappa shape index (κ2) is 8.51. The van der Waals surface area contributed by atoms with Crippen molar-refractivity contribution in [2.24, 2.45) is 5.10 Å². The Hall–Kier alpha value is -1.64. The quantitative estimate of drug-likeness (QED) is 0.347. The van der Waals surface area contributed by atoms with Gasteiger partial charge in [0.2, 0.25) is 5.91 Å². The van der Waals surface area contributed by atoms with Crippen LogP contribution in [0.2, 0.25) is 0 Å². The summed E-state index contributed by atoms with van der Waals surface area (Å²) in [5, 5.41) is 3.77. The summed E-state index contributed by atoms with van der Waals surface area (Å²) >= 11 is 2.09. The van der Waals surface area contributed by atoms with Crippen LogP contribution in [0, 0.1) is 3.57 Å². The van der Waals surface area contributed by atoms with Crippen molar-refractivity contribution in [3.05, 3.63) is 27.3 Å². The summed E-state index contributed by atoms with van der Waals surface area (Å²) in [7, 11) is 0. The van der Waals surface area contributed by atoms with Crippen LogP contribution in [-0.4, -0.2) is 31.3 Å². The van der Waals surface area contributed by atoms with Crippen LogP contribution in [-0.2, 0) is 14.3 Å². The molecule has 0 bridgehead atoms. The molecule has 6 nitrogen and oxygen atoms in total. The van der Waals surface area contributed by atoms with Crippen molar-refractivity contribution in [3.8, 4) is 5.75 Å². The molecule has 0 unspecified atom stereocenters. The number of hydrazone groups is 1. The van der Waals surface area contributed by atoms with Gasteiger partial charge in [0, 0.05) is 6.92 Å². The third-order valence-electron chi connectivity index (χ3n) is 2.04. The minimum absolute atomic E-state index is 0.122. The Labute approximate surface area is 130 Å². The van der Waals surface area contributed by atoms with E-state index in [0.29, 0.717) is 12.4 Å². The lowest BCUT2D eigenvalue weighted by Crippen LogP contribution is -2.15. The molecule has 1 N–H and O–H groups in total. The minimum atomic E-state index is -0.403. The third-order valence-corrected chi connectivity index (χ3v) is 2.89. The maximum atomic E-state index is 11.2. The molecule has 7 heteroatoms. The molecule has 1 amide bonds. The van der Waals surface area contributed by atoms with Crippen LogP contribution in [0.3, 0.4) is 0 Å². The van der Waals surface area contributed by atoms with Gasteiger partial charge < -0.3 is 9.47 Å². The molecule has 0 atom stereocenters. The smallest absolute Gasteiger partial charge is 0.344 e. The molecule has 0 aliphatic heterocycles. The third kappa shape index (κ3) is 6.00. The van der Waals surface area contributed by atoms with Crippen molar-refractivity contribution in [3.63, 3.8) is 0 Å². The number of amides is 1. The molecule has 0 saturated carbocycles. The number of nitrogens with zero attached hydrogens (tertiary/aromatic N) is 1. The normalized spacial score (nSPS) is 10.3. The number of benzene rings is 1. The Bertz CT molecular complexity index is 517. The Kier molecular flexibility index (Phi) is 6.99. The van der Waals surface area contributed by atoms with Crippen LogP contribution in [0.15, 0.2) is 23.3 Å². The average molecular weight is 390 g/mol. The van der Waals surface area contributed by atoms with Gasteiger partial charge in [0.1, 0.15) is 5.75 Å². The van der Waals surface area contributed by atoms with Crippen molar-refractivity contribution in [1.29, 1.82) is 0 Å². The van der Waals surface area contributed by atoms with Gasteiger partial charge in [0.05, 0.1) is 16.4 Å². The standard InChI is InChI=1S/C13H15IN2O4/c1-3-19-13(18)8-20-12-5-4-10(6-11(12)14)7-15-16-9(2)17/h4-7H,3,8H2,1-2H3,(H,16,17)/b15-7-. The molecule has 0 saturated heterocycles. The SMILES string of the molecule is CCOC(=O)COc1ccc(/C=N\NC(C)=O)cc1I. The van der Waals surface area contributed by atoms with E-state index in [-0.39, 0.29) is 12.5 Å². The maximum Gasteiger partial charge on any atom is 0.344 e. The number of halogens is 1. The molecule has 20 heavy (non-hydrogen) atoms. The second-order valence-corrected chi connectivity index (χ2v) is 4.87. The zero-order valence-electron chi connectivity index (χ0n) is 11.2. The Morgan fingerprint density at radius 2 is 2.20 bits per heavy atom. The van der Waals surface area contributed by atoms with Gasteiger partial charge in [-0.05, 0) is 53.3 Å². The van der Waals surface area contributed by atoms with E-state index in [1.54, 1.807) is 19.1 Å². The van der Waals surface area contributed by atoms with Crippen LogP contribution in [0.1, 0.15) is 19.4 Å². The van der Waals surface area contributed by atoms with Gasteiger partial charge in [-0.25, -0.2) is 10.2 Å². The predicted octanol–water partition coefficient (Wildman–Crippen LogP) is 1.70. The summed E-state index contributed by atoms with van der Waals surface area (Å²) < 4.78 is 11.0. The molecular formula is C13H15IN2O4. The zero-order valence-corrected chi connectivity index (χ0v) is 13.3. The maximum absolute atomic E-state index is 11.2. The van der Waals surface area contributed by atoms with Crippen molar-refractivity contribution in [2.45, 2.75) is 13.8 Å². The van der Waals surface area contributed by atoms with Crippen LogP contribution in [0.5, 0.6) is 5.75 Å². The molecule has 0 aliphatic rings. The van der Waals surface area contributed by atoms with Crippen LogP contribution in [0.4, 0.5) is 0 Å². The molecule has 1 rings (SSSR count). The molecule has 0 aromatic heterocycles. The molecule has 0 heterocycles. The van der Waals surface area contributed by atoms with Gasteiger partial charge in [0.25, 0.3) is 0 Å². The molecule has 0 aliphatic carbocycles. The molecule has 0 radical (unpaired) electrons. The lowest BCUT2D eigenvalue weighted by molar-refractivity contribution is -0.145. The average Bonchev–Trinajstić information content (AvgIpc) is 2.37. The first kappa shape index (κ1) is 16.4. The summed E-state index contributed by atoms with van der Waals surface area (Å²) in [4.78, 5) is 21.9. The van der Waals surface area contributed by atoms with Gasteiger partial charge in [-0.1, -0.05) is 0 Å². The summed E-state index contributed by atoms with van der Waals surface area (Å²) in [5.74, 6) is -0.0414. The topological polar surface area (TPSA) is 77.0 Å². The number of hydrogen-bond donors (Lipinski definition) is 1. The molecule has 0 fully saturated rings. The van der Waals surface area contributed by atoms with E-state index in [2.05, 4.69) is 33.1 Å². The Balaban J connectivity index is 2.61. The van der Waals surface area contributed by atoms with Crippen LogP contribution in [0.25, 0.3) is 0 Å². The monoisotopic (exact) mass is 390 g/mol. The van der Waals surface area contributed by atoms with Gasteiger partial charge in [0.15, 0.2) is 6.61 Å². The minimum Gasteiger partial charge on any atom is -0.481 e. The second-order valence-electron chi connectivity index (χ2n) is 3.71. The summed E-state index contributed by atoms with van der Waals surface area (Å²) in [6, 6.07) is 5.33. The van der Waals surface area contributed by atoms with Crippen molar-refractivity contribution < 1.29 is 19.1 Å². The summed E-state index contributed by atoms with van der Waals surface area (Å²) in [6.07, 6.45) is 1.53. The highest BCUT2D eigenvalue weighted by Crippen LogP contribution is 2.21. The van der Waals surface area contributed by atoms with Crippen LogP contribution >= 0.6 is 22.6 Å². The summed E-state index contributed by atoms with van der Waals surface area (Å²) in [6.45, 7) is 3.33. The largest absolute Gasteiger partial charge is 0.481 e. The number of rotatable bonds is 6. The highest BCUT2D eigenvalue weighted by atomic mass is 127. The molecule has 108 valence electrons. The molecule has 0 spiro atoms. The Morgan fingerprint density at radius 3 is 2.80 bits per heavy atom. The van der Waals surface area contributed by atoms with E-state index < -0.39 is 5.97 Å². The van der Waals surface area contributed by atoms with E-state index in [1.165, 1.54) is 13.1 Å². The zero-order chi connectivity index (χ0) is 15.0. The van der Waals surface area contributed by atoms with E-state index >= 15 is 0 Å². The number of hydrogen-bond acceptors (Lipinski definition) is 5. The fourth-order valence-electron chi connectivity index (χ4n) is 1.25. The van der Waals surface area contributed by atoms with Crippen molar-refractivity contribution in [1.82, 2.24) is 5.43 Å². The van der Waals surface area contributed by atoms with E-state index in [1.807, 2.05) is 6.07 Å². The van der Waals surface area contributed by atoms with Gasteiger partial charge in [-0.3, -0.25) is 4.79 Å². The number of carbonyl (C=O) groups excluding carboxylic acids is 2. The molecule has 1 aromatic rings. The van der Waals surface area contributed by atoms with Crippen molar-refractivity contribution in [2.75, 3.05) is 13.2 Å². The molecule has 1 aromatic carbocycles. The summed E-state index contributed by atoms with van der Waals surface area (Å²) in [5.41, 5.74) is 3.13. The number of esters is 1. The predicted molar refractivity (Wildman–Crippen MR) is 82.7 cm³/mol. The fourth-order valence-corrected chi connectivity index (χ4v) is 1.95. The Morgan fingerprint density at radius 1 is 1.45 bits per heavy atom. The first-order chi connectivity index (χ1) is 9.52.